The molecule has 1 atom stereocenters. The lowest BCUT2D eigenvalue weighted by atomic mass is 9.97. The van der Waals surface area contributed by atoms with E-state index in [-0.39, 0.29) is 18.4 Å². The van der Waals surface area contributed by atoms with Gasteiger partial charge < -0.3 is 10.4 Å². The number of aromatic nitrogens is 1. The number of carboxylic acids is 1. The van der Waals surface area contributed by atoms with E-state index in [2.05, 4.69) is 10.3 Å². The molecule has 1 aromatic rings. The van der Waals surface area contributed by atoms with E-state index >= 15 is 0 Å². The fraction of sp³-hybridized carbons (Fsp3) is 0.615. The summed E-state index contributed by atoms with van der Waals surface area (Å²) in [5.41, 5.74) is 0.690. The van der Waals surface area contributed by atoms with Crippen LogP contribution in [0.3, 0.4) is 0 Å². The minimum absolute atomic E-state index is 0.155. The predicted molar refractivity (Wildman–Crippen MR) is 74.5 cm³/mol. The highest BCUT2D eigenvalue weighted by Crippen LogP contribution is 2.17. The normalized spacial score (nSPS) is 12.5. The van der Waals surface area contributed by atoms with Crippen molar-refractivity contribution in [3.8, 4) is 0 Å². The molecule has 0 aliphatic rings. The lowest BCUT2D eigenvalue weighted by molar-refractivity contribution is -0.142. The van der Waals surface area contributed by atoms with Crippen molar-refractivity contribution in [1.29, 1.82) is 0 Å². The van der Waals surface area contributed by atoms with E-state index < -0.39 is 11.9 Å². The number of carboxylic acid groups (broad SMARTS) is 1. The number of nitrogens with one attached hydrogen (secondary N) is 1. The number of aliphatic carboxylic acids is 1. The number of rotatable bonds is 6. The summed E-state index contributed by atoms with van der Waals surface area (Å²) in [6, 6.07) is 0. The Kier molecular flexibility index (Phi) is 5.47. The monoisotopic (exact) mass is 284 g/mol. The molecule has 0 aliphatic carbocycles. The van der Waals surface area contributed by atoms with Crippen molar-refractivity contribution in [2.24, 2.45) is 11.8 Å². The van der Waals surface area contributed by atoms with Crippen LogP contribution in [-0.4, -0.2) is 28.5 Å². The highest BCUT2D eigenvalue weighted by atomic mass is 32.1. The van der Waals surface area contributed by atoms with Gasteiger partial charge in [0.05, 0.1) is 16.6 Å². The van der Waals surface area contributed by atoms with Gasteiger partial charge in [0.2, 0.25) is 0 Å². The first-order valence-corrected chi connectivity index (χ1v) is 7.08. The van der Waals surface area contributed by atoms with Crippen molar-refractivity contribution in [3.05, 3.63) is 15.6 Å². The third-order valence-electron chi connectivity index (χ3n) is 2.72. The number of hydrogen-bond donors (Lipinski definition) is 2. The summed E-state index contributed by atoms with van der Waals surface area (Å²) >= 11 is 1.33. The second kappa shape index (κ2) is 6.65. The van der Waals surface area contributed by atoms with Gasteiger partial charge in [-0.3, -0.25) is 9.59 Å². The first kappa shape index (κ1) is 15.6. The Morgan fingerprint density at radius 1 is 1.37 bits per heavy atom. The number of carbonyl (C=O) groups excluding carboxylic acids is 1. The number of hydrogen-bond acceptors (Lipinski definition) is 4. The van der Waals surface area contributed by atoms with Crippen LogP contribution in [-0.2, 0) is 4.79 Å². The number of thiazole rings is 1. The van der Waals surface area contributed by atoms with Gasteiger partial charge in [-0.05, 0) is 26.2 Å². The van der Waals surface area contributed by atoms with E-state index in [0.717, 1.165) is 5.01 Å². The quantitative estimate of drug-likeness (QED) is 0.839. The molecule has 0 aromatic carbocycles. The Morgan fingerprint density at radius 2 is 2.00 bits per heavy atom. The van der Waals surface area contributed by atoms with Crippen molar-refractivity contribution in [2.45, 2.75) is 34.1 Å². The highest BCUT2D eigenvalue weighted by Gasteiger charge is 2.21. The van der Waals surface area contributed by atoms with Gasteiger partial charge in [-0.25, -0.2) is 4.98 Å². The molecular weight excluding hydrogens is 264 g/mol. The summed E-state index contributed by atoms with van der Waals surface area (Å²) < 4.78 is 0. The Morgan fingerprint density at radius 3 is 2.42 bits per heavy atom. The maximum absolute atomic E-state index is 12.0. The third-order valence-corrected chi connectivity index (χ3v) is 3.80. The summed E-state index contributed by atoms with van der Waals surface area (Å²) in [7, 11) is 0. The van der Waals surface area contributed by atoms with E-state index in [1.807, 2.05) is 20.8 Å². The molecule has 0 saturated carbocycles. The number of amides is 1. The van der Waals surface area contributed by atoms with Crippen LogP contribution in [0.15, 0.2) is 0 Å². The predicted octanol–water partition coefficient (Wildman–Crippen LogP) is 2.24. The molecule has 1 aromatic heterocycles. The number of aryl methyl sites for hydroxylation is 2. The van der Waals surface area contributed by atoms with Crippen LogP contribution in [0.2, 0.25) is 0 Å². The summed E-state index contributed by atoms with van der Waals surface area (Å²) in [5.74, 6) is -1.37. The number of carbonyl (C=O) groups is 2. The lowest BCUT2D eigenvalue weighted by Gasteiger charge is -2.15. The molecular formula is C13H20N2O3S. The second-order valence-corrected chi connectivity index (χ2v) is 6.23. The van der Waals surface area contributed by atoms with Gasteiger partial charge in [0.25, 0.3) is 5.91 Å². The molecule has 2 N–H and O–H groups in total. The van der Waals surface area contributed by atoms with Gasteiger partial charge in [-0.15, -0.1) is 11.3 Å². The van der Waals surface area contributed by atoms with Crippen molar-refractivity contribution in [1.82, 2.24) is 10.3 Å². The average Bonchev–Trinajstić information content (AvgIpc) is 2.62. The van der Waals surface area contributed by atoms with E-state index in [1.165, 1.54) is 11.3 Å². The molecule has 0 spiro atoms. The maximum Gasteiger partial charge on any atom is 0.308 e. The van der Waals surface area contributed by atoms with Crippen LogP contribution in [0.1, 0.15) is 40.6 Å². The van der Waals surface area contributed by atoms with Gasteiger partial charge in [-0.1, -0.05) is 13.8 Å². The molecule has 106 valence electrons. The largest absolute Gasteiger partial charge is 0.481 e. The Hall–Kier alpha value is -1.43. The molecule has 0 radical (unpaired) electrons. The first-order chi connectivity index (χ1) is 8.81. The Bertz CT molecular complexity index is 468. The zero-order valence-corrected chi connectivity index (χ0v) is 12.5. The molecule has 6 heteroatoms. The van der Waals surface area contributed by atoms with Gasteiger partial charge >= 0.3 is 5.97 Å². The van der Waals surface area contributed by atoms with Crippen molar-refractivity contribution in [2.75, 3.05) is 6.54 Å². The molecule has 1 amide bonds. The topological polar surface area (TPSA) is 79.3 Å². The van der Waals surface area contributed by atoms with Gasteiger partial charge in [0, 0.05) is 6.54 Å². The van der Waals surface area contributed by atoms with E-state index in [9.17, 15) is 9.59 Å². The van der Waals surface area contributed by atoms with Crippen LogP contribution < -0.4 is 5.32 Å². The van der Waals surface area contributed by atoms with Gasteiger partial charge in [-0.2, -0.15) is 0 Å². The van der Waals surface area contributed by atoms with Crippen LogP contribution in [0.4, 0.5) is 0 Å². The molecule has 0 aliphatic heterocycles. The minimum Gasteiger partial charge on any atom is -0.481 e. The number of nitrogens with zero attached hydrogens (tertiary/aromatic N) is 1. The van der Waals surface area contributed by atoms with Crippen LogP contribution in [0.25, 0.3) is 0 Å². The average molecular weight is 284 g/mol. The molecule has 19 heavy (non-hydrogen) atoms. The Balaban J connectivity index is 2.62. The van der Waals surface area contributed by atoms with E-state index in [0.29, 0.717) is 17.0 Å². The fourth-order valence-corrected chi connectivity index (χ4v) is 2.71. The standard InChI is InChI=1S/C13H20N2O3S/c1-7(2)5-10(13(17)18)6-14-12(16)11-8(3)15-9(4)19-11/h7,10H,5-6H2,1-4H3,(H,14,16)(H,17,18). The van der Waals surface area contributed by atoms with Crippen LogP contribution in [0, 0.1) is 25.7 Å². The van der Waals surface area contributed by atoms with Crippen molar-refractivity contribution < 1.29 is 14.7 Å². The first-order valence-electron chi connectivity index (χ1n) is 6.26. The summed E-state index contributed by atoms with van der Waals surface area (Å²) in [6.07, 6.45) is 0.552. The highest BCUT2D eigenvalue weighted by molar-refractivity contribution is 7.13. The van der Waals surface area contributed by atoms with Crippen LogP contribution >= 0.6 is 11.3 Å². The Labute approximate surface area is 117 Å². The van der Waals surface area contributed by atoms with E-state index in [4.69, 9.17) is 5.11 Å². The molecule has 0 bridgehead atoms. The van der Waals surface area contributed by atoms with Crippen molar-refractivity contribution in [3.63, 3.8) is 0 Å². The van der Waals surface area contributed by atoms with Crippen molar-refractivity contribution >= 4 is 23.2 Å². The molecule has 1 rings (SSSR count). The molecule has 0 fully saturated rings. The summed E-state index contributed by atoms with van der Waals surface area (Å²) in [5, 5.41) is 12.6. The smallest absolute Gasteiger partial charge is 0.308 e. The molecule has 1 unspecified atom stereocenters. The zero-order valence-electron chi connectivity index (χ0n) is 11.7. The third kappa shape index (κ3) is 4.63. The lowest BCUT2D eigenvalue weighted by Crippen LogP contribution is -2.33. The fourth-order valence-electron chi connectivity index (χ4n) is 1.88. The van der Waals surface area contributed by atoms with Gasteiger partial charge in [0.15, 0.2) is 0 Å². The maximum atomic E-state index is 12.0. The molecule has 5 nitrogen and oxygen atoms in total. The van der Waals surface area contributed by atoms with Gasteiger partial charge in [0.1, 0.15) is 4.88 Å². The SMILES string of the molecule is Cc1nc(C)c(C(=O)NCC(CC(C)C)C(=O)O)s1. The summed E-state index contributed by atoms with van der Waals surface area (Å²) in [6.45, 7) is 7.71. The second-order valence-electron chi connectivity index (χ2n) is 5.02. The summed E-state index contributed by atoms with van der Waals surface area (Å²) in [4.78, 5) is 27.8. The molecule has 1 heterocycles. The van der Waals surface area contributed by atoms with Crippen LogP contribution in [0.5, 0.6) is 0 Å². The zero-order chi connectivity index (χ0) is 14.6. The van der Waals surface area contributed by atoms with E-state index in [1.54, 1.807) is 6.92 Å². The minimum atomic E-state index is -0.869. The molecule has 0 saturated heterocycles.